The molecule has 1 aromatic carbocycles. The lowest BCUT2D eigenvalue weighted by Crippen LogP contribution is -2.04. The molecule has 0 atom stereocenters. The second-order valence-corrected chi connectivity index (χ2v) is 4.03. The summed E-state index contributed by atoms with van der Waals surface area (Å²) in [5.74, 6) is 0. The molecule has 0 saturated heterocycles. The van der Waals surface area contributed by atoms with Crippen molar-refractivity contribution in [3.05, 3.63) is 23.3 Å². The molecule has 0 fully saturated rings. The predicted octanol–water partition coefficient (Wildman–Crippen LogP) is 2.52. The number of nitriles is 1. The fourth-order valence-electron chi connectivity index (χ4n) is 1.47. The molecule has 84 valence electrons. The summed E-state index contributed by atoms with van der Waals surface area (Å²) >= 11 is 1.09. The summed E-state index contributed by atoms with van der Waals surface area (Å²) in [5, 5.41) is 14.7. The van der Waals surface area contributed by atoms with Crippen LogP contribution >= 0.6 is 11.8 Å². The molecule has 0 amide bonds. The van der Waals surface area contributed by atoms with Crippen molar-refractivity contribution in [2.75, 3.05) is 12.8 Å². The average Bonchev–Trinajstić information content (AvgIpc) is 2.24. The molecule has 0 bridgehead atoms. The van der Waals surface area contributed by atoms with Gasteiger partial charge in [-0.2, -0.15) is 5.26 Å². The summed E-state index contributed by atoms with van der Waals surface area (Å²) in [7, 11) is 1.49. The smallest absolute Gasteiger partial charge is 0.138 e. The highest BCUT2D eigenvalue weighted by Gasteiger charge is 2.12. The fraction of sp³-hybridized carbons (Fsp3) is 0.273. The minimum Gasteiger partial charge on any atom is -0.399 e. The molecule has 0 unspecified atom stereocenters. The highest BCUT2D eigenvalue weighted by molar-refractivity contribution is 8.03. The molecule has 0 saturated carbocycles. The SMILES string of the molecule is CO/N=C(\C)c1c(SC#N)ccc(N)c1C. The number of nitrogens with two attached hydrogens (primary N) is 1. The first-order valence-corrected chi connectivity index (χ1v) is 5.46. The maximum Gasteiger partial charge on any atom is 0.138 e. The van der Waals surface area contributed by atoms with Crippen LogP contribution in [0.3, 0.4) is 0 Å². The summed E-state index contributed by atoms with van der Waals surface area (Å²) in [6, 6.07) is 3.61. The zero-order valence-electron chi connectivity index (χ0n) is 9.44. The molecule has 0 spiro atoms. The number of oxime groups is 1. The highest BCUT2D eigenvalue weighted by atomic mass is 32.2. The summed E-state index contributed by atoms with van der Waals surface area (Å²) < 4.78 is 0. The zero-order valence-corrected chi connectivity index (χ0v) is 10.3. The molecular formula is C11H13N3OS. The minimum atomic E-state index is 0.683. The lowest BCUT2D eigenvalue weighted by atomic mass is 10.0. The van der Waals surface area contributed by atoms with E-state index in [0.717, 1.165) is 27.8 Å². The van der Waals surface area contributed by atoms with Gasteiger partial charge in [0.05, 0.1) is 5.71 Å². The second-order valence-electron chi connectivity index (χ2n) is 3.21. The predicted molar refractivity (Wildman–Crippen MR) is 66.3 cm³/mol. The van der Waals surface area contributed by atoms with Gasteiger partial charge in [0, 0.05) is 16.1 Å². The standard InChI is InChI=1S/C11H13N3OS/c1-7-9(13)4-5-10(16-6-12)11(7)8(2)14-15-3/h4-5H,13H2,1-3H3/b14-8+. The van der Waals surface area contributed by atoms with Gasteiger partial charge in [-0.3, -0.25) is 0 Å². The number of nitrogen functional groups attached to an aromatic ring is 1. The first-order valence-electron chi connectivity index (χ1n) is 4.65. The molecule has 0 aliphatic rings. The van der Waals surface area contributed by atoms with Crippen LogP contribution in [0.15, 0.2) is 22.2 Å². The van der Waals surface area contributed by atoms with Gasteiger partial charge in [0.15, 0.2) is 0 Å². The Morgan fingerprint density at radius 3 is 2.81 bits per heavy atom. The number of thioether (sulfide) groups is 1. The molecule has 16 heavy (non-hydrogen) atoms. The van der Waals surface area contributed by atoms with Gasteiger partial charge in [-0.05, 0) is 43.3 Å². The molecule has 2 N–H and O–H groups in total. The van der Waals surface area contributed by atoms with Gasteiger partial charge >= 0.3 is 0 Å². The van der Waals surface area contributed by atoms with E-state index in [2.05, 4.69) is 5.16 Å². The van der Waals surface area contributed by atoms with Crippen molar-refractivity contribution in [2.45, 2.75) is 18.7 Å². The third-order valence-corrected chi connectivity index (χ3v) is 2.87. The second kappa shape index (κ2) is 5.42. The van der Waals surface area contributed by atoms with Crippen molar-refractivity contribution in [3.63, 3.8) is 0 Å². The molecule has 5 heteroatoms. The van der Waals surface area contributed by atoms with E-state index in [-0.39, 0.29) is 0 Å². The Morgan fingerprint density at radius 2 is 2.25 bits per heavy atom. The van der Waals surface area contributed by atoms with E-state index in [1.165, 1.54) is 7.11 Å². The van der Waals surface area contributed by atoms with Gasteiger partial charge in [0.1, 0.15) is 12.5 Å². The van der Waals surface area contributed by atoms with Gasteiger partial charge in [0.25, 0.3) is 0 Å². The number of rotatable bonds is 3. The Bertz CT molecular complexity index is 463. The Hall–Kier alpha value is -1.67. The van der Waals surface area contributed by atoms with Crippen molar-refractivity contribution >= 4 is 23.2 Å². The van der Waals surface area contributed by atoms with E-state index in [1.807, 2.05) is 25.3 Å². The number of thiocyanates is 1. The Morgan fingerprint density at radius 1 is 1.56 bits per heavy atom. The van der Waals surface area contributed by atoms with Crippen LogP contribution in [0.1, 0.15) is 18.1 Å². The van der Waals surface area contributed by atoms with Crippen LogP contribution in [-0.4, -0.2) is 12.8 Å². The number of benzene rings is 1. The van der Waals surface area contributed by atoms with Gasteiger partial charge in [-0.15, -0.1) is 0 Å². The Balaban J connectivity index is 3.38. The maximum absolute atomic E-state index is 8.73. The summed E-state index contributed by atoms with van der Waals surface area (Å²) in [5.41, 5.74) is 9.01. The number of hydrogen-bond acceptors (Lipinski definition) is 5. The largest absolute Gasteiger partial charge is 0.399 e. The molecule has 0 radical (unpaired) electrons. The van der Waals surface area contributed by atoms with Crippen molar-refractivity contribution in [2.24, 2.45) is 5.16 Å². The summed E-state index contributed by atoms with van der Waals surface area (Å²) in [4.78, 5) is 5.58. The summed E-state index contributed by atoms with van der Waals surface area (Å²) in [6.07, 6.45) is 0. The molecular weight excluding hydrogens is 222 g/mol. The van der Waals surface area contributed by atoms with Crippen LogP contribution in [-0.2, 0) is 4.84 Å². The molecule has 0 aliphatic heterocycles. The number of hydrogen-bond donors (Lipinski definition) is 1. The fourth-order valence-corrected chi connectivity index (χ4v) is 2.11. The molecule has 0 heterocycles. The molecule has 1 rings (SSSR count). The van der Waals surface area contributed by atoms with Crippen LogP contribution in [0.2, 0.25) is 0 Å². The average molecular weight is 235 g/mol. The number of nitrogens with zero attached hydrogens (tertiary/aromatic N) is 2. The topological polar surface area (TPSA) is 71.4 Å². The third kappa shape index (κ3) is 2.47. The Kier molecular flexibility index (Phi) is 4.20. The molecule has 0 aromatic heterocycles. The molecule has 0 aliphatic carbocycles. The van der Waals surface area contributed by atoms with Gasteiger partial charge < -0.3 is 10.6 Å². The lowest BCUT2D eigenvalue weighted by molar-refractivity contribution is 0.213. The van der Waals surface area contributed by atoms with Crippen LogP contribution in [0, 0.1) is 17.6 Å². The quantitative estimate of drug-likeness (QED) is 0.287. The van der Waals surface area contributed by atoms with E-state index < -0.39 is 0 Å². The summed E-state index contributed by atoms with van der Waals surface area (Å²) in [6.45, 7) is 3.73. The van der Waals surface area contributed by atoms with E-state index in [1.54, 1.807) is 6.07 Å². The third-order valence-electron chi connectivity index (χ3n) is 2.21. The van der Waals surface area contributed by atoms with Crippen molar-refractivity contribution in [1.82, 2.24) is 0 Å². The molecule has 4 nitrogen and oxygen atoms in total. The van der Waals surface area contributed by atoms with Crippen LogP contribution in [0.25, 0.3) is 0 Å². The highest BCUT2D eigenvalue weighted by Crippen LogP contribution is 2.28. The van der Waals surface area contributed by atoms with Gasteiger partial charge in [0.2, 0.25) is 0 Å². The lowest BCUT2D eigenvalue weighted by Gasteiger charge is -2.11. The van der Waals surface area contributed by atoms with Crippen molar-refractivity contribution < 1.29 is 4.84 Å². The van der Waals surface area contributed by atoms with Gasteiger partial charge in [-0.1, -0.05) is 5.16 Å². The van der Waals surface area contributed by atoms with E-state index in [4.69, 9.17) is 15.8 Å². The number of anilines is 1. The van der Waals surface area contributed by atoms with Crippen molar-refractivity contribution in [3.8, 4) is 5.40 Å². The maximum atomic E-state index is 8.73. The van der Waals surface area contributed by atoms with Crippen molar-refractivity contribution in [1.29, 1.82) is 5.26 Å². The first-order chi connectivity index (χ1) is 7.61. The first kappa shape index (κ1) is 12.4. The van der Waals surface area contributed by atoms with Gasteiger partial charge in [-0.25, -0.2) is 0 Å². The van der Waals surface area contributed by atoms with Crippen LogP contribution in [0.5, 0.6) is 0 Å². The molecule has 1 aromatic rings. The monoisotopic (exact) mass is 235 g/mol. The Labute approximate surface area is 99.1 Å². The van der Waals surface area contributed by atoms with E-state index >= 15 is 0 Å². The normalized spacial score (nSPS) is 11.0. The van der Waals surface area contributed by atoms with E-state index in [9.17, 15) is 0 Å². The van der Waals surface area contributed by atoms with E-state index in [0.29, 0.717) is 11.4 Å². The minimum absolute atomic E-state index is 0.683. The van der Waals surface area contributed by atoms with Crippen LogP contribution in [0.4, 0.5) is 5.69 Å². The van der Waals surface area contributed by atoms with Crippen LogP contribution < -0.4 is 5.73 Å². The zero-order chi connectivity index (χ0) is 12.1.